The van der Waals surface area contributed by atoms with Crippen LogP contribution in [0.1, 0.15) is 6.42 Å². The van der Waals surface area contributed by atoms with Gasteiger partial charge in [-0.1, -0.05) is 0 Å². The van der Waals surface area contributed by atoms with Gasteiger partial charge in [0, 0.05) is 25.6 Å². The largest absolute Gasteiger partial charge is 0.370 e. The molecule has 0 bridgehead atoms. The SMILES string of the molecule is CN1CC(N)C(CC(N)=O)C1. The maximum Gasteiger partial charge on any atom is 0.217 e. The average molecular weight is 157 g/mol. The van der Waals surface area contributed by atoms with E-state index in [1.807, 2.05) is 7.05 Å². The number of hydrogen-bond acceptors (Lipinski definition) is 3. The summed E-state index contributed by atoms with van der Waals surface area (Å²) in [6, 6.07) is 0.118. The van der Waals surface area contributed by atoms with E-state index < -0.39 is 0 Å². The second-order valence-electron chi connectivity index (χ2n) is 3.32. The van der Waals surface area contributed by atoms with Gasteiger partial charge in [0.1, 0.15) is 0 Å². The van der Waals surface area contributed by atoms with Gasteiger partial charge in [-0.15, -0.1) is 0 Å². The monoisotopic (exact) mass is 157 g/mol. The first-order valence-corrected chi connectivity index (χ1v) is 3.82. The van der Waals surface area contributed by atoms with E-state index in [-0.39, 0.29) is 17.9 Å². The van der Waals surface area contributed by atoms with Crippen LogP contribution in [0.25, 0.3) is 0 Å². The summed E-state index contributed by atoms with van der Waals surface area (Å²) in [6.07, 6.45) is 0.422. The molecule has 0 aromatic rings. The number of carbonyl (C=O) groups excluding carboxylic acids is 1. The van der Waals surface area contributed by atoms with Crippen molar-refractivity contribution in [2.24, 2.45) is 17.4 Å². The number of nitrogens with two attached hydrogens (primary N) is 2. The summed E-state index contributed by atoms with van der Waals surface area (Å²) in [7, 11) is 2.00. The molecule has 1 saturated heterocycles. The van der Waals surface area contributed by atoms with Gasteiger partial charge in [-0.3, -0.25) is 4.79 Å². The molecule has 0 aromatic heterocycles. The van der Waals surface area contributed by atoms with Gasteiger partial charge in [-0.2, -0.15) is 0 Å². The fraction of sp³-hybridized carbons (Fsp3) is 0.857. The third-order valence-corrected chi connectivity index (χ3v) is 2.14. The van der Waals surface area contributed by atoms with Crippen molar-refractivity contribution in [2.45, 2.75) is 12.5 Å². The fourth-order valence-electron chi connectivity index (χ4n) is 1.59. The third kappa shape index (κ3) is 2.17. The van der Waals surface area contributed by atoms with Gasteiger partial charge in [0.25, 0.3) is 0 Å². The van der Waals surface area contributed by atoms with E-state index in [1.54, 1.807) is 0 Å². The minimum absolute atomic E-state index is 0.118. The number of amides is 1. The van der Waals surface area contributed by atoms with E-state index >= 15 is 0 Å². The van der Waals surface area contributed by atoms with Crippen LogP contribution in [0.3, 0.4) is 0 Å². The molecule has 1 aliphatic heterocycles. The second kappa shape index (κ2) is 3.19. The van der Waals surface area contributed by atoms with Gasteiger partial charge in [0.05, 0.1) is 0 Å². The summed E-state index contributed by atoms with van der Waals surface area (Å²) >= 11 is 0. The minimum atomic E-state index is -0.249. The zero-order valence-electron chi connectivity index (χ0n) is 6.79. The first kappa shape index (κ1) is 8.49. The Labute approximate surface area is 66.5 Å². The Morgan fingerprint density at radius 2 is 2.27 bits per heavy atom. The lowest BCUT2D eigenvalue weighted by molar-refractivity contribution is -0.118. The number of rotatable bonds is 2. The quantitative estimate of drug-likeness (QED) is 0.526. The van der Waals surface area contributed by atoms with Crippen LogP contribution < -0.4 is 11.5 Å². The topological polar surface area (TPSA) is 72.3 Å². The second-order valence-corrected chi connectivity index (χ2v) is 3.32. The van der Waals surface area contributed by atoms with Crippen LogP contribution in [-0.4, -0.2) is 37.0 Å². The highest BCUT2D eigenvalue weighted by atomic mass is 16.1. The molecule has 1 heterocycles. The van der Waals surface area contributed by atoms with Crippen LogP contribution in [0.4, 0.5) is 0 Å². The first-order chi connectivity index (χ1) is 5.09. The Hall–Kier alpha value is -0.610. The molecule has 1 rings (SSSR count). The molecular formula is C7H15N3O. The standard InChI is InChI=1S/C7H15N3O/c1-10-3-5(2-7(9)11)6(8)4-10/h5-6H,2-4,8H2,1H3,(H2,9,11). The Balaban J connectivity index is 2.40. The van der Waals surface area contributed by atoms with Crippen molar-refractivity contribution in [1.29, 1.82) is 0 Å². The van der Waals surface area contributed by atoms with Gasteiger partial charge in [-0.05, 0) is 13.0 Å². The molecule has 64 valence electrons. The Morgan fingerprint density at radius 3 is 2.64 bits per heavy atom. The van der Waals surface area contributed by atoms with Crippen molar-refractivity contribution in [3.05, 3.63) is 0 Å². The van der Waals surface area contributed by atoms with E-state index in [4.69, 9.17) is 11.5 Å². The molecule has 2 atom stereocenters. The van der Waals surface area contributed by atoms with Gasteiger partial charge in [0.15, 0.2) is 0 Å². The number of carbonyl (C=O) groups is 1. The molecule has 0 aliphatic carbocycles. The molecule has 1 amide bonds. The van der Waals surface area contributed by atoms with E-state index in [1.165, 1.54) is 0 Å². The highest BCUT2D eigenvalue weighted by Gasteiger charge is 2.28. The molecule has 2 unspecified atom stereocenters. The van der Waals surface area contributed by atoms with Crippen molar-refractivity contribution in [1.82, 2.24) is 4.90 Å². The van der Waals surface area contributed by atoms with Crippen molar-refractivity contribution in [3.8, 4) is 0 Å². The van der Waals surface area contributed by atoms with Crippen molar-refractivity contribution in [3.63, 3.8) is 0 Å². The van der Waals surface area contributed by atoms with Gasteiger partial charge < -0.3 is 16.4 Å². The zero-order valence-corrected chi connectivity index (χ0v) is 6.79. The molecular weight excluding hydrogens is 142 g/mol. The molecule has 4 heteroatoms. The van der Waals surface area contributed by atoms with Gasteiger partial charge in [0.2, 0.25) is 5.91 Å². The van der Waals surface area contributed by atoms with Crippen LogP contribution >= 0.6 is 0 Å². The zero-order chi connectivity index (χ0) is 8.43. The van der Waals surface area contributed by atoms with Crippen LogP contribution in [0.2, 0.25) is 0 Å². The summed E-state index contributed by atoms with van der Waals surface area (Å²) in [5.41, 5.74) is 10.8. The highest BCUT2D eigenvalue weighted by molar-refractivity contribution is 5.74. The first-order valence-electron chi connectivity index (χ1n) is 3.82. The summed E-state index contributed by atoms with van der Waals surface area (Å²) < 4.78 is 0. The Morgan fingerprint density at radius 1 is 1.64 bits per heavy atom. The summed E-state index contributed by atoms with van der Waals surface area (Å²) in [4.78, 5) is 12.7. The van der Waals surface area contributed by atoms with E-state index in [9.17, 15) is 4.79 Å². The summed E-state index contributed by atoms with van der Waals surface area (Å²) in [5, 5.41) is 0. The molecule has 0 aromatic carbocycles. The summed E-state index contributed by atoms with van der Waals surface area (Å²) in [6.45, 7) is 1.77. The lowest BCUT2D eigenvalue weighted by Crippen LogP contribution is -2.31. The normalized spacial score (nSPS) is 32.5. The number of primary amides is 1. The van der Waals surface area contributed by atoms with Crippen LogP contribution in [0, 0.1) is 5.92 Å². The number of nitrogens with zero attached hydrogens (tertiary/aromatic N) is 1. The molecule has 1 fully saturated rings. The molecule has 11 heavy (non-hydrogen) atoms. The van der Waals surface area contributed by atoms with Crippen LogP contribution in [0.15, 0.2) is 0 Å². The molecule has 4 nitrogen and oxygen atoms in total. The average Bonchev–Trinajstić information content (AvgIpc) is 2.09. The fourth-order valence-corrected chi connectivity index (χ4v) is 1.59. The maximum absolute atomic E-state index is 10.6. The van der Waals surface area contributed by atoms with E-state index in [0.717, 1.165) is 13.1 Å². The van der Waals surface area contributed by atoms with Crippen LogP contribution in [-0.2, 0) is 4.79 Å². The minimum Gasteiger partial charge on any atom is -0.370 e. The number of likely N-dealkylation sites (N-methyl/N-ethyl adjacent to an activating group) is 1. The summed E-state index contributed by atoms with van der Waals surface area (Å²) in [5.74, 6) is 0.0123. The van der Waals surface area contributed by atoms with E-state index in [2.05, 4.69) is 4.90 Å². The Bertz CT molecular complexity index is 160. The van der Waals surface area contributed by atoms with Crippen molar-refractivity contribution < 1.29 is 4.79 Å². The van der Waals surface area contributed by atoms with Crippen LogP contribution in [0.5, 0.6) is 0 Å². The smallest absolute Gasteiger partial charge is 0.217 e. The number of hydrogen-bond donors (Lipinski definition) is 2. The maximum atomic E-state index is 10.6. The lowest BCUT2D eigenvalue weighted by Gasteiger charge is -2.10. The van der Waals surface area contributed by atoms with Crippen molar-refractivity contribution >= 4 is 5.91 Å². The third-order valence-electron chi connectivity index (χ3n) is 2.14. The molecule has 0 saturated carbocycles. The van der Waals surface area contributed by atoms with Gasteiger partial charge >= 0.3 is 0 Å². The Kier molecular flexibility index (Phi) is 2.46. The molecule has 0 spiro atoms. The highest BCUT2D eigenvalue weighted by Crippen LogP contribution is 2.16. The predicted octanol–water partition coefficient (Wildman–Crippen LogP) is -1.25. The van der Waals surface area contributed by atoms with Gasteiger partial charge in [-0.25, -0.2) is 0 Å². The lowest BCUT2D eigenvalue weighted by atomic mass is 10.0. The van der Waals surface area contributed by atoms with E-state index in [0.29, 0.717) is 6.42 Å². The predicted molar refractivity (Wildman–Crippen MR) is 42.8 cm³/mol. The van der Waals surface area contributed by atoms with Crippen molar-refractivity contribution in [2.75, 3.05) is 20.1 Å². The molecule has 0 radical (unpaired) electrons. The molecule has 1 aliphatic rings. The molecule has 4 N–H and O–H groups in total. The number of likely N-dealkylation sites (tertiary alicyclic amines) is 1.